The van der Waals surface area contributed by atoms with Gasteiger partial charge >= 0.3 is 244 Å². The van der Waals surface area contributed by atoms with Crippen molar-refractivity contribution in [1.82, 2.24) is 0 Å². The summed E-state index contributed by atoms with van der Waals surface area (Å²) in [5, 5.41) is 0. The Bertz CT molecular complexity index is 1190. The van der Waals surface area contributed by atoms with Crippen LogP contribution in [0.3, 0.4) is 0 Å². The first-order chi connectivity index (χ1) is 18.5. The van der Waals surface area contributed by atoms with Crippen LogP contribution < -0.4 is 3.58 Å². The Hall–Kier alpha value is -1.54. The molecular weight excluding hydrogens is 551 g/mol. The van der Waals surface area contributed by atoms with Gasteiger partial charge in [-0.2, -0.15) is 0 Å². The fraction of sp³-hybridized carbons (Fsp3) is 0.500. The second-order valence-corrected chi connectivity index (χ2v) is 14.2. The molecule has 1 heteroatoms. The Kier molecular flexibility index (Phi) is 8.41. The number of rotatable bonds is 9. The van der Waals surface area contributed by atoms with E-state index in [1.54, 1.807) is 0 Å². The zero-order valence-electron chi connectivity index (χ0n) is 28.5. The van der Waals surface area contributed by atoms with Gasteiger partial charge in [0.1, 0.15) is 0 Å². The first kappa shape index (κ1) is 25.7. The van der Waals surface area contributed by atoms with Crippen molar-refractivity contribution in [3.05, 3.63) is 75.8 Å². The van der Waals surface area contributed by atoms with Crippen LogP contribution in [-0.4, -0.2) is 23.7 Å². The Balaban J connectivity index is 2.60. The Morgan fingerprint density at radius 3 is 1.00 bits per heavy atom. The molecule has 3 aromatic carbocycles. The summed E-state index contributed by atoms with van der Waals surface area (Å²) < 4.78 is 28.1. The average Bonchev–Trinajstić information content (AvgIpc) is 2.85. The van der Waals surface area contributed by atoms with Crippen molar-refractivity contribution >= 4 is 25.5 Å². The van der Waals surface area contributed by atoms with E-state index in [9.17, 15) is 0 Å². The zero-order valence-corrected chi connectivity index (χ0v) is 28.4. The Labute approximate surface area is 243 Å². The molecule has 0 aliphatic carbocycles. The molecule has 0 aliphatic rings. The molecule has 0 spiro atoms. The molecule has 0 bridgehead atoms. The monoisotopic (exact) mass is 607 g/mol. The van der Waals surface area contributed by atoms with Crippen molar-refractivity contribution in [2.75, 3.05) is 0 Å². The van der Waals surface area contributed by atoms with Gasteiger partial charge in [0.15, 0.2) is 0 Å². The Morgan fingerprint density at radius 2 is 0.784 bits per heavy atom. The van der Waals surface area contributed by atoms with Crippen LogP contribution in [0.1, 0.15) is 152 Å². The van der Waals surface area contributed by atoms with Gasteiger partial charge in [0, 0.05) is 0 Å². The van der Waals surface area contributed by atoms with Crippen molar-refractivity contribution in [3.63, 3.8) is 0 Å². The van der Waals surface area contributed by atoms with Crippen LogP contribution in [0.4, 0.5) is 0 Å². The van der Waals surface area contributed by atoms with E-state index in [0.29, 0.717) is 15.4 Å². The van der Waals surface area contributed by atoms with E-state index in [1.165, 1.54) is 33.4 Å². The molecule has 0 unspecified atom stereocenters. The molecule has 0 atom stereocenters. The van der Waals surface area contributed by atoms with E-state index in [4.69, 9.17) is 1.79 Å². The molecular formula is C36H52Sn. The third kappa shape index (κ3) is 6.21. The van der Waals surface area contributed by atoms with Crippen molar-refractivity contribution in [3.8, 4) is 22.3 Å². The molecule has 37 heavy (non-hydrogen) atoms. The molecule has 0 saturated heterocycles. The van der Waals surface area contributed by atoms with Crippen molar-refractivity contribution in [2.45, 2.75) is 119 Å². The third-order valence-corrected chi connectivity index (χ3v) is 9.41. The van der Waals surface area contributed by atoms with E-state index in [2.05, 4.69) is 126 Å². The van der Waals surface area contributed by atoms with Crippen LogP contribution in [0.25, 0.3) is 22.3 Å². The first-order valence-electron chi connectivity index (χ1n) is 16.0. The van der Waals surface area contributed by atoms with Gasteiger partial charge in [0.25, 0.3) is 0 Å². The number of benzene rings is 3. The van der Waals surface area contributed by atoms with Crippen molar-refractivity contribution < 1.29 is 0 Å². The normalized spacial score (nSPS) is 13.8. The summed E-state index contributed by atoms with van der Waals surface area (Å²) in [5.41, 5.74) is 12.0. The van der Waals surface area contributed by atoms with Crippen molar-refractivity contribution in [2.24, 2.45) is 0 Å². The summed E-state index contributed by atoms with van der Waals surface area (Å²) in [6.07, 6.45) is 0. The predicted octanol–water partition coefficient (Wildman–Crippen LogP) is 9.75. The number of hydrogen-bond acceptors (Lipinski definition) is 0. The summed E-state index contributed by atoms with van der Waals surface area (Å²) in [6, 6.07) is 15.7. The van der Waals surface area contributed by atoms with Crippen LogP contribution in [0.5, 0.6) is 0 Å². The fourth-order valence-electron chi connectivity index (χ4n) is 5.50. The molecule has 0 aliphatic heterocycles. The predicted molar refractivity (Wildman–Crippen MR) is 171 cm³/mol. The molecule has 0 fully saturated rings. The Morgan fingerprint density at radius 1 is 0.486 bits per heavy atom. The molecule has 0 nitrogen and oxygen atoms in total. The van der Waals surface area contributed by atoms with Gasteiger partial charge in [-0.3, -0.25) is 0 Å². The molecule has 0 radical (unpaired) electrons. The standard InChI is InChI=1S/C36H49.Sn.3H/c1-21(2)29-17-31(23(5)6)35(32(18-29)24(7)8)27-14-13-15-28(16-27)36-33(25(9)10)19-30(22(3)4)20-34(36)26(11)12;;;;/h13-15,17-26H,1-12H3;;;;/i;;3*1+1. The first-order valence-corrected chi connectivity index (χ1v) is 15.9. The molecule has 0 heterocycles. The second kappa shape index (κ2) is 12.1. The van der Waals surface area contributed by atoms with Crippen LogP contribution in [-0.2, 0) is 0 Å². The molecule has 0 amide bonds. The summed E-state index contributed by atoms with van der Waals surface area (Å²) >= 11 is -4.94. The van der Waals surface area contributed by atoms with Gasteiger partial charge in [-0.25, -0.2) is 0 Å². The molecule has 3 aromatic rings. The van der Waals surface area contributed by atoms with E-state index in [1.807, 2.05) is 0 Å². The van der Waals surface area contributed by atoms with Crippen LogP contribution in [0.2, 0.25) is 0 Å². The summed E-state index contributed by atoms with van der Waals surface area (Å²) in [6.45, 7) is 26.9. The van der Waals surface area contributed by atoms with Crippen LogP contribution >= 0.6 is 0 Å². The summed E-state index contributed by atoms with van der Waals surface area (Å²) in [5.74, 6) is 1.99. The quantitative estimate of drug-likeness (QED) is 0.213. The molecule has 0 saturated carbocycles. The summed E-state index contributed by atoms with van der Waals surface area (Å²) in [7, 11) is 0. The molecule has 200 valence electrons. The molecule has 3 rings (SSSR count). The number of hydrogen-bond donors (Lipinski definition) is 0. The molecule has 0 N–H and O–H groups in total. The van der Waals surface area contributed by atoms with Gasteiger partial charge in [-0.15, -0.1) is 0 Å². The maximum atomic E-state index is 9.13. The van der Waals surface area contributed by atoms with Crippen molar-refractivity contribution in [1.29, 1.82) is 1.79 Å². The fourth-order valence-corrected chi connectivity index (χ4v) is 6.69. The van der Waals surface area contributed by atoms with E-state index < -0.39 is 21.9 Å². The average molecular weight is 607 g/mol. The van der Waals surface area contributed by atoms with Gasteiger partial charge in [-0.05, 0) is 0 Å². The van der Waals surface area contributed by atoms with E-state index in [-0.39, 0.29) is 23.7 Å². The van der Waals surface area contributed by atoms with Gasteiger partial charge < -0.3 is 0 Å². The van der Waals surface area contributed by atoms with Crippen LogP contribution in [0, 0.1) is 0 Å². The zero-order chi connectivity index (χ0) is 30.3. The van der Waals surface area contributed by atoms with Crippen LogP contribution in [0.15, 0.2) is 42.5 Å². The summed E-state index contributed by atoms with van der Waals surface area (Å²) in [4.78, 5) is 0. The van der Waals surface area contributed by atoms with Gasteiger partial charge in [0.05, 0.1) is 0 Å². The van der Waals surface area contributed by atoms with E-state index in [0.717, 1.165) is 22.3 Å². The third-order valence-electron chi connectivity index (χ3n) is 7.87. The van der Waals surface area contributed by atoms with Gasteiger partial charge in [0.2, 0.25) is 0 Å². The topological polar surface area (TPSA) is 0 Å². The maximum absolute atomic E-state index is 9.13. The molecule has 0 aromatic heterocycles. The van der Waals surface area contributed by atoms with Gasteiger partial charge in [-0.1, -0.05) is 0 Å². The minimum atomic E-state index is -4.94. The SMILES string of the molecule is [2H][Sn]([2H])([2H])[c]1c(-c2c(C(C)C)cc(C(C)C)cc2C(C)C)cccc1-c1c(C(C)C)cc(C(C)C)cc1C(C)C. The minimum absolute atomic E-state index is 0.289. The second-order valence-electron chi connectivity index (χ2n) is 12.8. The van der Waals surface area contributed by atoms with E-state index >= 15 is 0 Å².